The number of halogens is 1. The van der Waals surface area contributed by atoms with Gasteiger partial charge in [-0.1, -0.05) is 0 Å². The van der Waals surface area contributed by atoms with Gasteiger partial charge in [0, 0.05) is 12.1 Å². The molecule has 0 radical (unpaired) electrons. The second-order valence-corrected chi connectivity index (χ2v) is 6.13. The van der Waals surface area contributed by atoms with Gasteiger partial charge in [-0.05, 0) is 20.8 Å². The van der Waals surface area contributed by atoms with Crippen LogP contribution in [0, 0.1) is 0 Å². The van der Waals surface area contributed by atoms with Crippen molar-refractivity contribution in [3.05, 3.63) is 12.1 Å². The van der Waals surface area contributed by atoms with E-state index in [9.17, 15) is 5.11 Å². The number of aliphatic hydroxyl groups excluding tert-OH is 1. The molecule has 1 aromatic carbocycles. The van der Waals surface area contributed by atoms with Crippen LogP contribution in [0.5, 0.6) is 23.0 Å². The Bertz CT molecular complexity index is 451. The van der Waals surface area contributed by atoms with Gasteiger partial charge in [-0.15, -0.1) is 0 Å². The van der Waals surface area contributed by atoms with Crippen LogP contribution in [0.4, 0.5) is 0 Å². The summed E-state index contributed by atoms with van der Waals surface area (Å²) in [5.41, 5.74) is 0.0769. The lowest BCUT2D eigenvalue weighted by atomic mass is 10.1. The van der Waals surface area contributed by atoms with Gasteiger partial charge in [0.25, 0.3) is 0 Å². The molecule has 0 aliphatic carbocycles. The van der Waals surface area contributed by atoms with E-state index in [1.807, 2.05) is 0 Å². The summed E-state index contributed by atoms with van der Waals surface area (Å²) >= 11 is 0. The number of hydrogen-bond acceptors (Lipinski definition) is 5. The first-order valence-corrected chi connectivity index (χ1v) is 7.26. The predicted molar refractivity (Wildman–Crippen MR) is 84.1 cm³/mol. The number of ether oxygens (including phenoxy) is 4. The molecule has 0 heterocycles. The van der Waals surface area contributed by atoms with Gasteiger partial charge in [0.2, 0.25) is 5.75 Å². The van der Waals surface area contributed by atoms with Crippen LogP contribution < -0.4 is 36.7 Å². The van der Waals surface area contributed by atoms with E-state index in [4.69, 9.17) is 18.9 Å². The van der Waals surface area contributed by atoms with E-state index in [0.29, 0.717) is 29.5 Å². The molecule has 0 saturated carbocycles. The minimum Gasteiger partial charge on any atom is -1.00 e. The third-order valence-electron chi connectivity index (χ3n) is 3.08. The molecule has 0 bridgehead atoms. The first-order chi connectivity index (χ1) is 10.3. The first-order valence-electron chi connectivity index (χ1n) is 7.26. The minimum absolute atomic E-state index is 0. The van der Waals surface area contributed by atoms with Crippen molar-refractivity contribution in [2.45, 2.75) is 32.4 Å². The van der Waals surface area contributed by atoms with Gasteiger partial charge in [-0.2, -0.15) is 0 Å². The molecule has 1 rings (SSSR count). The smallest absolute Gasteiger partial charge is 0.203 e. The van der Waals surface area contributed by atoms with Gasteiger partial charge >= 0.3 is 0 Å². The minimum atomic E-state index is -0.557. The van der Waals surface area contributed by atoms with Crippen molar-refractivity contribution in [1.82, 2.24) is 0 Å². The monoisotopic (exact) mass is 349 g/mol. The van der Waals surface area contributed by atoms with E-state index < -0.39 is 6.10 Å². The second-order valence-electron chi connectivity index (χ2n) is 6.13. The van der Waals surface area contributed by atoms with Crippen molar-refractivity contribution in [3.63, 3.8) is 0 Å². The highest BCUT2D eigenvalue weighted by molar-refractivity contribution is 5.55. The molecule has 0 amide bonds. The van der Waals surface area contributed by atoms with E-state index in [2.05, 4.69) is 26.1 Å². The molecule has 6 nitrogen and oxygen atoms in total. The summed E-state index contributed by atoms with van der Waals surface area (Å²) in [6, 6.07) is 3.42. The molecule has 3 N–H and O–H groups in total. The average Bonchev–Trinajstić information content (AvgIpc) is 2.48. The largest absolute Gasteiger partial charge is 1.00 e. The zero-order chi connectivity index (χ0) is 16.8. The normalized spacial score (nSPS) is 12.1. The van der Waals surface area contributed by atoms with Crippen molar-refractivity contribution in [2.24, 2.45) is 0 Å². The van der Waals surface area contributed by atoms with E-state index in [-0.39, 0.29) is 24.6 Å². The molecular weight excluding hydrogens is 322 g/mol. The molecule has 0 fully saturated rings. The summed E-state index contributed by atoms with van der Waals surface area (Å²) in [5, 5.41) is 12.1. The van der Waals surface area contributed by atoms with Crippen LogP contribution in [-0.2, 0) is 0 Å². The Morgan fingerprint density at radius 1 is 1.04 bits per heavy atom. The first kappa shape index (κ1) is 21.6. The van der Waals surface area contributed by atoms with E-state index in [0.717, 1.165) is 0 Å². The van der Waals surface area contributed by atoms with Gasteiger partial charge < -0.3 is 41.8 Å². The molecule has 1 atom stereocenters. The lowest BCUT2D eigenvalue weighted by Gasteiger charge is -2.20. The maximum absolute atomic E-state index is 9.98. The lowest BCUT2D eigenvalue weighted by molar-refractivity contribution is -0.722. The Labute approximate surface area is 144 Å². The van der Waals surface area contributed by atoms with Crippen LogP contribution in [0.2, 0.25) is 0 Å². The SMILES string of the molecule is COc1cc(OCC(O)C[NH2+]C(C)(C)C)cc(OC)c1OC.[Cl-]. The number of rotatable bonds is 8. The summed E-state index contributed by atoms with van der Waals surface area (Å²) in [7, 11) is 4.65. The van der Waals surface area contributed by atoms with Crippen molar-refractivity contribution in [1.29, 1.82) is 0 Å². The highest BCUT2D eigenvalue weighted by Gasteiger charge is 2.18. The van der Waals surface area contributed by atoms with Crippen molar-refractivity contribution in [3.8, 4) is 23.0 Å². The summed E-state index contributed by atoms with van der Waals surface area (Å²) in [6.07, 6.45) is -0.557. The number of nitrogens with two attached hydrogens (primary N) is 1. The standard InChI is InChI=1S/C16H27NO5.ClH/c1-16(2,3)17-9-11(18)10-22-12-7-13(19-4)15(21-6)14(8-12)20-5;/h7-8,11,17-18H,9-10H2,1-6H3;1H. The molecule has 0 aliphatic rings. The molecule has 134 valence electrons. The fraction of sp³-hybridized carbons (Fsp3) is 0.625. The number of methoxy groups -OCH3 is 3. The number of hydrogen-bond donors (Lipinski definition) is 2. The van der Waals surface area contributed by atoms with Crippen LogP contribution >= 0.6 is 0 Å². The Hall–Kier alpha value is -1.37. The van der Waals surface area contributed by atoms with Gasteiger partial charge in [-0.3, -0.25) is 0 Å². The zero-order valence-electron chi connectivity index (χ0n) is 14.7. The summed E-state index contributed by atoms with van der Waals surface area (Å²) in [6.45, 7) is 7.07. The molecule has 7 heteroatoms. The lowest BCUT2D eigenvalue weighted by Crippen LogP contribution is -3.00. The Morgan fingerprint density at radius 2 is 1.57 bits per heavy atom. The third-order valence-corrected chi connectivity index (χ3v) is 3.08. The molecule has 1 aromatic rings. The van der Waals surface area contributed by atoms with E-state index in [1.165, 1.54) is 0 Å². The van der Waals surface area contributed by atoms with Gasteiger partial charge in [0.1, 0.15) is 25.0 Å². The highest BCUT2D eigenvalue weighted by Crippen LogP contribution is 2.40. The summed E-state index contributed by atoms with van der Waals surface area (Å²) in [5.74, 6) is 2.11. The number of benzene rings is 1. The third kappa shape index (κ3) is 7.16. The van der Waals surface area contributed by atoms with Crippen LogP contribution in [-0.4, -0.2) is 51.2 Å². The van der Waals surface area contributed by atoms with Crippen LogP contribution in [0.15, 0.2) is 12.1 Å². The quantitative estimate of drug-likeness (QED) is 0.558. The number of aliphatic hydroxyl groups is 1. The Balaban J connectivity index is 0.00000484. The average molecular weight is 350 g/mol. The molecular formula is C16H28ClNO5. The van der Waals surface area contributed by atoms with Crippen molar-refractivity contribution < 1.29 is 41.8 Å². The maximum Gasteiger partial charge on any atom is 0.203 e. The van der Waals surface area contributed by atoms with Crippen LogP contribution in [0.25, 0.3) is 0 Å². The van der Waals surface area contributed by atoms with Gasteiger partial charge in [-0.25, -0.2) is 0 Å². The molecule has 0 saturated heterocycles. The molecule has 0 spiro atoms. The Kier molecular flexibility index (Phi) is 9.12. The van der Waals surface area contributed by atoms with E-state index >= 15 is 0 Å². The second kappa shape index (κ2) is 9.70. The van der Waals surface area contributed by atoms with E-state index in [1.54, 1.807) is 33.5 Å². The summed E-state index contributed by atoms with van der Waals surface area (Å²) < 4.78 is 21.4. The molecule has 0 aromatic heterocycles. The molecule has 23 heavy (non-hydrogen) atoms. The van der Waals surface area contributed by atoms with Crippen LogP contribution in [0.3, 0.4) is 0 Å². The van der Waals surface area contributed by atoms with Gasteiger partial charge in [0.15, 0.2) is 11.5 Å². The number of quaternary nitrogens is 1. The van der Waals surface area contributed by atoms with Crippen LogP contribution in [0.1, 0.15) is 20.8 Å². The highest BCUT2D eigenvalue weighted by atomic mass is 35.5. The zero-order valence-corrected chi connectivity index (χ0v) is 15.4. The Morgan fingerprint density at radius 3 is 1.96 bits per heavy atom. The maximum atomic E-state index is 9.98. The fourth-order valence-electron chi connectivity index (χ4n) is 1.89. The van der Waals surface area contributed by atoms with Gasteiger partial charge in [0.05, 0.1) is 26.9 Å². The van der Waals surface area contributed by atoms with Crippen molar-refractivity contribution >= 4 is 0 Å². The topological polar surface area (TPSA) is 73.8 Å². The fourth-order valence-corrected chi connectivity index (χ4v) is 1.89. The molecule has 1 unspecified atom stereocenters. The molecule has 0 aliphatic heterocycles. The predicted octanol–water partition coefficient (Wildman–Crippen LogP) is -2.18. The summed E-state index contributed by atoms with van der Waals surface area (Å²) in [4.78, 5) is 0. The van der Waals surface area contributed by atoms with Crippen molar-refractivity contribution in [2.75, 3.05) is 34.5 Å².